The van der Waals surface area contributed by atoms with E-state index in [0.717, 1.165) is 28.5 Å². The molecule has 0 aliphatic carbocycles. The van der Waals surface area contributed by atoms with Crippen molar-refractivity contribution in [3.63, 3.8) is 0 Å². The summed E-state index contributed by atoms with van der Waals surface area (Å²) < 4.78 is 7.51. The molecule has 134 valence electrons. The lowest BCUT2D eigenvalue weighted by atomic mass is 10.2. The Kier molecular flexibility index (Phi) is 4.94. The van der Waals surface area contributed by atoms with Crippen LogP contribution in [0.15, 0.2) is 88.8 Å². The van der Waals surface area contributed by atoms with Crippen LogP contribution in [-0.4, -0.2) is 15.3 Å². The molecule has 4 aromatic rings. The summed E-state index contributed by atoms with van der Waals surface area (Å²) in [7, 11) is 0. The van der Waals surface area contributed by atoms with Crippen molar-refractivity contribution in [3.05, 3.63) is 89.2 Å². The van der Waals surface area contributed by atoms with Crippen molar-refractivity contribution in [1.82, 2.24) is 9.55 Å². The van der Waals surface area contributed by atoms with Gasteiger partial charge in [0.05, 0.1) is 16.6 Å². The maximum atomic E-state index is 13.1. The molecule has 0 saturated heterocycles. The van der Waals surface area contributed by atoms with Gasteiger partial charge in [-0.05, 0) is 54.3 Å². The Morgan fingerprint density at radius 1 is 0.889 bits per heavy atom. The summed E-state index contributed by atoms with van der Waals surface area (Å²) in [6.07, 6.45) is 0. The van der Waals surface area contributed by atoms with Gasteiger partial charge in [-0.15, -0.1) is 0 Å². The first-order valence-electron chi connectivity index (χ1n) is 8.74. The van der Waals surface area contributed by atoms with Crippen molar-refractivity contribution in [2.75, 3.05) is 5.75 Å². The SMILES string of the molecule is CCSc1nc2ccccc2c(=O)n1-c1ccc(Oc2ccccc2)cc1. The van der Waals surface area contributed by atoms with Gasteiger partial charge < -0.3 is 4.74 Å². The van der Waals surface area contributed by atoms with Crippen LogP contribution in [0.5, 0.6) is 11.5 Å². The Morgan fingerprint density at radius 3 is 2.30 bits per heavy atom. The molecule has 0 atom stereocenters. The molecule has 4 nitrogen and oxygen atoms in total. The fourth-order valence-corrected chi connectivity index (χ4v) is 3.59. The number of thioether (sulfide) groups is 1. The second-order valence-electron chi connectivity index (χ2n) is 5.89. The van der Waals surface area contributed by atoms with Crippen LogP contribution in [0.2, 0.25) is 0 Å². The molecule has 1 heterocycles. The van der Waals surface area contributed by atoms with E-state index >= 15 is 0 Å². The first kappa shape index (κ1) is 17.4. The number of rotatable bonds is 5. The van der Waals surface area contributed by atoms with E-state index in [1.54, 1.807) is 16.3 Å². The maximum absolute atomic E-state index is 13.1. The molecular weight excluding hydrogens is 356 g/mol. The number of benzene rings is 3. The highest BCUT2D eigenvalue weighted by atomic mass is 32.2. The summed E-state index contributed by atoms with van der Waals surface area (Å²) in [5, 5.41) is 1.31. The van der Waals surface area contributed by atoms with Crippen molar-refractivity contribution in [2.45, 2.75) is 12.1 Å². The van der Waals surface area contributed by atoms with Gasteiger partial charge in [0.2, 0.25) is 0 Å². The highest BCUT2D eigenvalue weighted by Gasteiger charge is 2.12. The first-order chi connectivity index (χ1) is 13.3. The molecule has 0 aliphatic heterocycles. The van der Waals surface area contributed by atoms with Gasteiger partial charge in [0.1, 0.15) is 11.5 Å². The molecule has 5 heteroatoms. The third-order valence-corrected chi connectivity index (χ3v) is 4.91. The lowest BCUT2D eigenvalue weighted by Crippen LogP contribution is -2.21. The molecule has 4 rings (SSSR count). The van der Waals surface area contributed by atoms with E-state index in [0.29, 0.717) is 10.5 Å². The van der Waals surface area contributed by atoms with Crippen molar-refractivity contribution in [2.24, 2.45) is 0 Å². The minimum Gasteiger partial charge on any atom is -0.457 e. The van der Waals surface area contributed by atoms with Gasteiger partial charge in [0, 0.05) is 0 Å². The largest absolute Gasteiger partial charge is 0.457 e. The third kappa shape index (κ3) is 3.59. The third-order valence-electron chi connectivity index (χ3n) is 4.09. The number of aromatic nitrogens is 2. The maximum Gasteiger partial charge on any atom is 0.266 e. The van der Waals surface area contributed by atoms with Gasteiger partial charge in [-0.3, -0.25) is 9.36 Å². The van der Waals surface area contributed by atoms with E-state index in [1.165, 1.54) is 0 Å². The van der Waals surface area contributed by atoms with E-state index < -0.39 is 0 Å². The predicted octanol–water partition coefficient (Wildman–Crippen LogP) is 5.29. The van der Waals surface area contributed by atoms with Crippen LogP contribution in [-0.2, 0) is 0 Å². The average molecular weight is 374 g/mol. The Morgan fingerprint density at radius 2 is 1.56 bits per heavy atom. The number of hydrogen-bond donors (Lipinski definition) is 0. The first-order valence-corrected chi connectivity index (χ1v) is 9.73. The van der Waals surface area contributed by atoms with E-state index in [9.17, 15) is 4.79 Å². The summed E-state index contributed by atoms with van der Waals surface area (Å²) in [6.45, 7) is 2.05. The standard InChI is InChI=1S/C22H18N2O2S/c1-2-27-22-23-20-11-7-6-10-19(20)21(25)24(22)16-12-14-18(15-13-16)26-17-8-4-3-5-9-17/h3-15H,2H2,1H3. The Hall–Kier alpha value is -3.05. The second-order valence-corrected chi connectivity index (χ2v) is 7.13. The monoisotopic (exact) mass is 374 g/mol. The van der Waals surface area contributed by atoms with Crippen molar-refractivity contribution >= 4 is 22.7 Å². The highest BCUT2D eigenvalue weighted by molar-refractivity contribution is 7.99. The number of nitrogens with zero attached hydrogens (tertiary/aromatic N) is 2. The number of ether oxygens (including phenoxy) is 1. The zero-order chi connectivity index (χ0) is 18.6. The molecule has 0 N–H and O–H groups in total. The summed E-state index contributed by atoms with van der Waals surface area (Å²) >= 11 is 1.55. The molecule has 0 aliphatic rings. The molecule has 0 saturated carbocycles. The van der Waals surface area contributed by atoms with Crippen molar-refractivity contribution in [1.29, 1.82) is 0 Å². The molecular formula is C22H18N2O2S. The quantitative estimate of drug-likeness (QED) is 0.352. The molecule has 27 heavy (non-hydrogen) atoms. The number of fused-ring (bicyclic) bond motifs is 1. The summed E-state index contributed by atoms with van der Waals surface area (Å²) in [6, 6.07) is 24.6. The molecule has 3 aromatic carbocycles. The van der Waals surface area contributed by atoms with Crippen LogP contribution in [0, 0.1) is 0 Å². The summed E-state index contributed by atoms with van der Waals surface area (Å²) in [4.78, 5) is 17.8. The normalized spacial score (nSPS) is 10.9. The topological polar surface area (TPSA) is 44.1 Å². The molecule has 1 aromatic heterocycles. The van der Waals surface area contributed by atoms with Gasteiger partial charge in [-0.25, -0.2) is 4.98 Å². The van der Waals surface area contributed by atoms with E-state index in [1.807, 2.05) is 85.8 Å². The zero-order valence-corrected chi connectivity index (χ0v) is 15.6. The van der Waals surface area contributed by atoms with Crippen LogP contribution in [0.4, 0.5) is 0 Å². The summed E-state index contributed by atoms with van der Waals surface area (Å²) in [5.74, 6) is 2.33. The van der Waals surface area contributed by atoms with Gasteiger partial charge >= 0.3 is 0 Å². The van der Waals surface area contributed by atoms with Crippen LogP contribution in [0.3, 0.4) is 0 Å². The minimum absolute atomic E-state index is 0.0618. The molecule has 0 spiro atoms. The number of hydrogen-bond acceptors (Lipinski definition) is 4. The Balaban J connectivity index is 1.76. The van der Waals surface area contributed by atoms with Crippen LogP contribution in [0.1, 0.15) is 6.92 Å². The molecule has 0 fully saturated rings. The van der Waals surface area contributed by atoms with Crippen molar-refractivity contribution in [3.8, 4) is 17.2 Å². The fraction of sp³-hybridized carbons (Fsp3) is 0.0909. The smallest absolute Gasteiger partial charge is 0.266 e. The Labute approximate surface area is 161 Å². The average Bonchev–Trinajstić information content (AvgIpc) is 2.70. The molecule has 0 amide bonds. The summed E-state index contributed by atoms with van der Waals surface area (Å²) in [5.41, 5.74) is 1.43. The van der Waals surface area contributed by atoms with Crippen molar-refractivity contribution < 1.29 is 4.74 Å². The van der Waals surface area contributed by atoms with Crippen LogP contribution < -0.4 is 10.3 Å². The Bertz CT molecular complexity index is 1120. The van der Waals surface area contributed by atoms with E-state index in [2.05, 4.69) is 4.98 Å². The lowest BCUT2D eigenvalue weighted by Gasteiger charge is -2.13. The molecule has 0 radical (unpaired) electrons. The zero-order valence-electron chi connectivity index (χ0n) is 14.8. The van der Waals surface area contributed by atoms with Gasteiger partial charge in [-0.2, -0.15) is 0 Å². The van der Waals surface area contributed by atoms with Gasteiger partial charge in [-0.1, -0.05) is 49.0 Å². The lowest BCUT2D eigenvalue weighted by molar-refractivity contribution is 0.482. The van der Waals surface area contributed by atoms with E-state index in [4.69, 9.17) is 4.74 Å². The van der Waals surface area contributed by atoms with E-state index in [-0.39, 0.29) is 5.56 Å². The fourth-order valence-electron chi connectivity index (χ4n) is 2.85. The number of para-hydroxylation sites is 2. The highest BCUT2D eigenvalue weighted by Crippen LogP contribution is 2.25. The van der Waals surface area contributed by atoms with Gasteiger partial charge in [0.25, 0.3) is 5.56 Å². The minimum atomic E-state index is -0.0618. The van der Waals surface area contributed by atoms with Crippen LogP contribution >= 0.6 is 11.8 Å². The predicted molar refractivity (Wildman–Crippen MR) is 110 cm³/mol. The molecule has 0 bridgehead atoms. The second kappa shape index (κ2) is 7.68. The van der Waals surface area contributed by atoms with Gasteiger partial charge in [0.15, 0.2) is 5.16 Å². The molecule has 0 unspecified atom stereocenters. The van der Waals surface area contributed by atoms with Crippen LogP contribution in [0.25, 0.3) is 16.6 Å².